The highest BCUT2D eigenvalue weighted by molar-refractivity contribution is 7.18. The van der Waals surface area contributed by atoms with Gasteiger partial charge in [0.1, 0.15) is 0 Å². The first-order chi connectivity index (χ1) is 14.1. The van der Waals surface area contributed by atoms with Crippen molar-refractivity contribution in [3.8, 4) is 5.69 Å². The molecule has 0 saturated carbocycles. The molecule has 3 heterocycles. The number of thiazole rings is 1. The molecule has 1 aliphatic heterocycles. The van der Waals surface area contributed by atoms with Gasteiger partial charge in [-0.25, -0.2) is 9.67 Å². The van der Waals surface area contributed by atoms with Crippen molar-refractivity contribution in [1.29, 1.82) is 0 Å². The van der Waals surface area contributed by atoms with Crippen LogP contribution in [-0.4, -0.2) is 45.5 Å². The van der Waals surface area contributed by atoms with Gasteiger partial charge in [-0.05, 0) is 38.1 Å². The smallest absolute Gasteiger partial charge is 0.275 e. The first-order valence-electron chi connectivity index (χ1n) is 10.1. The lowest BCUT2D eigenvalue weighted by molar-refractivity contribution is 0.288. The van der Waals surface area contributed by atoms with Crippen LogP contribution in [0.5, 0.6) is 0 Å². The van der Waals surface area contributed by atoms with Gasteiger partial charge in [-0.15, -0.1) is 11.3 Å². The second-order valence-corrected chi connectivity index (χ2v) is 8.00. The fourth-order valence-corrected chi connectivity index (χ4v) is 4.42. The molecular formula is C22H29N5OS. The number of H-pyrrole nitrogens is 1. The summed E-state index contributed by atoms with van der Waals surface area (Å²) in [6.07, 6.45) is 4.86. The lowest BCUT2D eigenvalue weighted by Gasteiger charge is -2.25. The Morgan fingerprint density at radius 1 is 1.38 bits per heavy atom. The fraction of sp³-hybridized carbons (Fsp3) is 0.409. The van der Waals surface area contributed by atoms with E-state index in [4.69, 9.17) is 0 Å². The molecule has 0 spiro atoms. The number of hydrogen-bond donors (Lipinski definition) is 1. The number of allylic oxidation sites excluding steroid dienone is 1. The van der Waals surface area contributed by atoms with Gasteiger partial charge in [-0.3, -0.25) is 19.8 Å². The summed E-state index contributed by atoms with van der Waals surface area (Å²) in [6.45, 7) is 10.3. The molecule has 0 bridgehead atoms. The van der Waals surface area contributed by atoms with Gasteiger partial charge in [0.25, 0.3) is 5.56 Å². The molecule has 0 unspecified atom stereocenters. The van der Waals surface area contributed by atoms with E-state index in [1.807, 2.05) is 65.1 Å². The third-order valence-electron chi connectivity index (χ3n) is 4.90. The number of aryl methyl sites for hydroxylation is 1. The number of hydrogen-bond acceptors (Lipinski definition) is 5. The summed E-state index contributed by atoms with van der Waals surface area (Å²) in [5.74, 6) is 0. The summed E-state index contributed by atoms with van der Waals surface area (Å²) in [7, 11) is 1.81. The van der Waals surface area contributed by atoms with Gasteiger partial charge in [0.2, 0.25) is 0 Å². The van der Waals surface area contributed by atoms with E-state index in [2.05, 4.69) is 20.0 Å². The maximum Gasteiger partial charge on any atom is 0.275 e. The van der Waals surface area contributed by atoms with Crippen LogP contribution >= 0.6 is 11.3 Å². The van der Waals surface area contributed by atoms with E-state index in [9.17, 15) is 4.79 Å². The number of aromatic amines is 1. The third kappa shape index (κ3) is 4.41. The minimum Gasteiger partial charge on any atom is -0.295 e. The van der Waals surface area contributed by atoms with Crippen LogP contribution in [0, 0.1) is 6.92 Å². The second kappa shape index (κ2) is 9.33. The number of aromatic nitrogens is 3. The summed E-state index contributed by atoms with van der Waals surface area (Å²) in [4.78, 5) is 24.1. The van der Waals surface area contributed by atoms with Crippen LogP contribution < -0.4 is 5.56 Å². The van der Waals surface area contributed by atoms with Crippen LogP contribution in [0.25, 0.3) is 15.9 Å². The molecule has 0 fully saturated rings. The zero-order valence-corrected chi connectivity index (χ0v) is 18.6. The Balaban J connectivity index is 0.00000117. The lowest BCUT2D eigenvalue weighted by Crippen LogP contribution is -2.36. The van der Waals surface area contributed by atoms with E-state index in [0.717, 1.165) is 57.4 Å². The average molecular weight is 412 g/mol. The fourth-order valence-electron chi connectivity index (χ4n) is 3.56. The van der Waals surface area contributed by atoms with Gasteiger partial charge >= 0.3 is 0 Å². The Morgan fingerprint density at radius 3 is 2.90 bits per heavy atom. The molecule has 7 heteroatoms. The molecular weight excluding hydrogens is 382 g/mol. The van der Waals surface area contributed by atoms with Crippen LogP contribution in [0.15, 0.2) is 40.1 Å². The molecule has 2 aromatic heterocycles. The molecule has 1 N–H and O–H groups in total. The standard InChI is InChI=1S/C20H23N5OS.C2H6/c1-4-5-14(21-3)11-24-9-8-17-16(12-24)20(26)25(23-17)15-6-7-18-19(10-15)27-13(2)22-18;1-2/h4-7,10,23H,8-9,11-12H2,1-3H3;1-2H3/b5-4-,21-14?;. The SMILES string of the molecule is C/C=C\C(CN1CCc2[nH]n(-c3ccc4nc(C)sc4c3)c(=O)c2C1)=NC.CC. The third-order valence-corrected chi connectivity index (χ3v) is 5.83. The van der Waals surface area contributed by atoms with Gasteiger partial charge in [0.05, 0.1) is 26.5 Å². The Bertz CT molecular complexity index is 1100. The predicted octanol–water partition coefficient (Wildman–Crippen LogP) is 4.11. The lowest BCUT2D eigenvalue weighted by atomic mass is 10.1. The van der Waals surface area contributed by atoms with Crippen LogP contribution in [-0.2, 0) is 13.0 Å². The molecule has 1 aliphatic rings. The van der Waals surface area contributed by atoms with E-state index in [1.54, 1.807) is 16.0 Å². The number of rotatable bonds is 4. The van der Waals surface area contributed by atoms with E-state index in [-0.39, 0.29) is 5.56 Å². The van der Waals surface area contributed by atoms with Gasteiger partial charge in [0.15, 0.2) is 0 Å². The molecule has 0 radical (unpaired) electrons. The second-order valence-electron chi connectivity index (χ2n) is 6.77. The van der Waals surface area contributed by atoms with E-state index in [0.29, 0.717) is 6.54 Å². The number of fused-ring (bicyclic) bond motifs is 2. The minimum absolute atomic E-state index is 0.0382. The Morgan fingerprint density at radius 2 is 2.17 bits per heavy atom. The van der Waals surface area contributed by atoms with Gasteiger partial charge in [-0.1, -0.05) is 19.9 Å². The van der Waals surface area contributed by atoms with Crippen molar-refractivity contribution >= 4 is 27.3 Å². The number of benzene rings is 1. The topological polar surface area (TPSA) is 66.3 Å². The zero-order valence-electron chi connectivity index (χ0n) is 17.8. The normalized spacial score (nSPS) is 14.9. The molecule has 29 heavy (non-hydrogen) atoms. The quantitative estimate of drug-likeness (QED) is 0.657. The van der Waals surface area contributed by atoms with Crippen molar-refractivity contribution in [3.05, 3.63) is 57.0 Å². The highest BCUT2D eigenvalue weighted by atomic mass is 32.1. The molecule has 154 valence electrons. The molecule has 0 aliphatic carbocycles. The Kier molecular flexibility index (Phi) is 6.82. The summed E-state index contributed by atoms with van der Waals surface area (Å²) < 4.78 is 2.77. The molecule has 1 aromatic carbocycles. The summed E-state index contributed by atoms with van der Waals surface area (Å²) in [5.41, 5.74) is 4.81. The number of aliphatic imine (C=N–C) groups is 1. The molecule has 4 rings (SSSR count). The molecule has 3 aromatic rings. The first-order valence-corrected chi connectivity index (χ1v) is 10.9. The van der Waals surface area contributed by atoms with Crippen molar-refractivity contribution in [1.82, 2.24) is 19.7 Å². The molecule has 0 amide bonds. The summed E-state index contributed by atoms with van der Waals surface area (Å²) in [6, 6.07) is 5.97. The van der Waals surface area contributed by atoms with Crippen molar-refractivity contribution in [2.24, 2.45) is 4.99 Å². The van der Waals surface area contributed by atoms with Crippen molar-refractivity contribution in [3.63, 3.8) is 0 Å². The maximum absolute atomic E-state index is 13.0. The average Bonchev–Trinajstić information content (AvgIpc) is 3.27. The van der Waals surface area contributed by atoms with Crippen molar-refractivity contribution in [2.75, 3.05) is 20.1 Å². The molecule has 6 nitrogen and oxygen atoms in total. The summed E-state index contributed by atoms with van der Waals surface area (Å²) >= 11 is 1.65. The van der Waals surface area contributed by atoms with Gasteiger partial charge < -0.3 is 0 Å². The highest BCUT2D eigenvalue weighted by Gasteiger charge is 2.23. The van der Waals surface area contributed by atoms with Crippen molar-refractivity contribution < 1.29 is 0 Å². The molecule has 0 atom stereocenters. The summed E-state index contributed by atoms with van der Waals surface area (Å²) in [5, 5.41) is 4.35. The van der Waals surface area contributed by atoms with E-state index in [1.165, 1.54) is 0 Å². The minimum atomic E-state index is 0.0382. The van der Waals surface area contributed by atoms with E-state index < -0.39 is 0 Å². The van der Waals surface area contributed by atoms with E-state index >= 15 is 0 Å². The van der Waals surface area contributed by atoms with Crippen LogP contribution in [0.2, 0.25) is 0 Å². The first kappa shape index (κ1) is 21.2. The maximum atomic E-state index is 13.0. The van der Waals surface area contributed by atoms with Crippen LogP contribution in [0.4, 0.5) is 0 Å². The Labute approximate surface area is 175 Å². The molecule has 0 saturated heterocycles. The highest BCUT2D eigenvalue weighted by Crippen LogP contribution is 2.24. The van der Waals surface area contributed by atoms with Crippen LogP contribution in [0.3, 0.4) is 0 Å². The predicted molar refractivity (Wildman–Crippen MR) is 123 cm³/mol. The monoisotopic (exact) mass is 411 g/mol. The van der Waals surface area contributed by atoms with Gasteiger partial charge in [-0.2, -0.15) is 0 Å². The van der Waals surface area contributed by atoms with Gasteiger partial charge in [0, 0.05) is 44.5 Å². The number of nitrogens with zero attached hydrogens (tertiary/aromatic N) is 4. The van der Waals surface area contributed by atoms with Crippen molar-refractivity contribution in [2.45, 2.75) is 40.7 Å². The number of nitrogens with one attached hydrogen (secondary N) is 1. The van der Waals surface area contributed by atoms with Crippen LogP contribution in [0.1, 0.15) is 37.0 Å². The Hall–Kier alpha value is -2.51. The largest absolute Gasteiger partial charge is 0.295 e. The zero-order chi connectivity index (χ0) is 21.0.